The Morgan fingerprint density at radius 3 is 2.04 bits per heavy atom. The van der Waals surface area contributed by atoms with E-state index < -0.39 is 0 Å². The van der Waals surface area contributed by atoms with Gasteiger partial charge in [0.1, 0.15) is 0 Å². The van der Waals surface area contributed by atoms with Crippen LogP contribution >= 0.6 is 0 Å². The Balaban J connectivity index is 1.58. The van der Waals surface area contributed by atoms with Crippen molar-refractivity contribution in [1.82, 2.24) is 9.80 Å². The number of carbonyl (C=O) groups excluding carboxylic acids is 1. The van der Waals surface area contributed by atoms with Crippen LogP contribution in [0.3, 0.4) is 0 Å². The Morgan fingerprint density at radius 2 is 1.56 bits per heavy atom. The fraction of sp³-hybridized carbons (Fsp3) is 0.611. The molecular formula is C18H26B2N2O3. The van der Waals surface area contributed by atoms with E-state index in [1.807, 2.05) is 0 Å². The molecule has 0 aromatic heterocycles. The van der Waals surface area contributed by atoms with Gasteiger partial charge < -0.3 is 14.2 Å². The zero-order chi connectivity index (χ0) is 18.2. The quantitative estimate of drug-likeness (QED) is 0.780. The van der Waals surface area contributed by atoms with E-state index in [4.69, 9.17) is 17.2 Å². The van der Waals surface area contributed by atoms with Crippen LogP contribution < -0.4 is 5.46 Å². The number of amides is 1. The molecule has 25 heavy (non-hydrogen) atoms. The van der Waals surface area contributed by atoms with Gasteiger partial charge in [-0.15, -0.1) is 0 Å². The largest absolute Gasteiger partial charge is 0.494 e. The number of benzene rings is 1. The molecule has 2 aliphatic heterocycles. The summed E-state index contributed by atoms with van der Waals surface area (Å²) in [6, 6.07) is 8.41. The molecule has 2 aliphatic rings. The number of carbonyl (C=O) groups is 1. The van der Waals surface area contributed by atoms with Crippen LogP contribution in [0.1, 0.15) is 33.3 Å². The van der Waals surface area contributed by atoms with Gasteiger partial charge in [0.25, 0.3) is 0 Å². The lowest BCUT2D eigenvalue weighted by atomic mass is 9.79. The molecule has 3 rings (SSSR count). The predicted octanol–water partition coefficient (Wildman–Crippen LogP) is 1.39. The van der Waals surface area contributed by atoms with Crippen LogP contribution in [0.5, 0.6) is 0 Å². The summed E-state index contributed by atoms with van der Waals surface area (Å²) in [7, 11) is 5.00. The normalized spacial score (nSPS) is 23.0. The molecule has 1 amide bonds. The van der Waals surface area contributed by atoms with Crippen LogP contribution in [0.2, 0.25) is 0 Å². The lowest BCUT2D eigenvalue weighted by Gasteiger charge is -2.34. The highest BCUT2D eigenvalue weighted by molar-refractivity contribution is 6.62. The maximum absolute atomic E-state index is 11.2. The molecule has 132 valence electrons. The third-order valence-electron chi connectivity index (χ3n) is 5.60. The fourth-order valence-electron chi connectivity index (χ4n) is 3.14. The smallest absolute Gasteiger partial charge is 0.399 e. The molecule has 0 aliphatic carbocycles. The molecule has 0 spiro atoms. The highest BCUT2D eigenvalue weighted by Crippen LogP contribution is 2.36. The third-order valence-corrected chi connectivity index (χ3v) is 5.60. The minimum Gasteiger partial charge on any atom is -0.399 e. The minimum atomic E-state index is -0.327. The number of hydrogen-bond donors (Lipinski definition) is 0. The lowest BCUT2D eigenvalue weighted by molar-refractivity contribution is 0.00578. The molecule has 1 aromatic rings. The summed E-state index contributed by atoms with van der Waals surface area (Å²) in [4.78, 5) is 15.2. The van der Waals surface area contributed by atoms with Gasteiger partial charge in [-0.2, -0.15) is 0 Å². The molecular weight excluding hydrogens is 314 g/mol. The summed E-state index contributed by atoms with van der Waals surface area (Å²) in [6.07, 6.45) is 0. The van der Waals surface area contributed by atoms with Crippen molar-refractivity contribution < 1.29 is 14.1 Å². The van der Waals surface area contributed by atoms with Crippen molar-refractivity contribution in [2.45, 2.75) is 45.4 Å². The molecule has 2 radical (unpaired) electrons. The van der Waals surface area contributed by atoms with E-state index in [1.165, 1.54) is 5.56 Å². The Labute approximate surface area is 152 Å². The second-order valence-corrected chi connectivity index (χ2v) is 7.93. The van der Waals surface area contributed by atoms with Crippen LogP contribution in [0.4, 0.5) is 4.79 Å². The fourth-order valence-corrected chi connectivity index (χ4v) is 3.14. The van der Waals surface area contributed by atoms with Crippen LogP contribution in [-0.4, -0.2) is 68.0 Å². The molecule has 5 nitrogen and oxygen atoms in total. The van der Waals surface area contributed by atoms with Gasteiger partial charge in [-0.25, -0.2) is 0 Å². The zero-order valence-electron chi connectivity index (χ0n) is 15.6. The Hall–Kier alpha value is -1.30. The summed E-state index contributed by atoms with van der Waals surface area (Å²) in [5, 5.41) is 0. The average molecular weight is 340 g/mol. The number of hydrogen-bond acceptors (Lipinski definition) is 4. The zero-order valence-corrected chi connectivity index (χ0v) is 15.6. The number of piperazine rings is 1. The highest BCUT2D eigenvalue weighted by atomic mass is 16.7. The summed E-state index contributed by atoms with van der Waals surface area (Å²) in [5.74, 6) is -0.327. The van der Waals surface area contributed by atoms with Gasteiger partial charge in [-0.05, 0) is 38.7 Å². The van der Waals surface area contributed by atoms with Crippen LogP contribution in [-0.2, 0) is 15.9 Å². The molecule has 0 N–H and O–H groups in total. The van der Waals surface area contributed by atoms with E-state index in [-0.39, 0.29) is 24.1 Å². The van der Waals surface area contributed by atoms with Crippen LogP contribution in [0, 0.1) is 0 Å². The van der Waals surface area contributed by atoms with Gasteiger partial charge in [-0.3, -0.25) is 9.69 Å². The maximum atomic E-state index is 11.2. The van der Waals surface area contributed by atoms with Gasteiger partial charge >= 0.3 is 7.12 Å². The Kier molecular flexibility index (Phi) is 5.02. The van der Waals surface area contributed by atoms with Gasteiger partial charge in [0.2, 0.25) is 7.85 Å². The van der Waals surface area contributed by atoms with Gasteiger partial charge in [0.15, 0.2) is 5.81 Å². The molecule has 2 fully saturated rings. The molecule has 0 unspecified atom stereocenters. The summed E-state index contributed by atoms with van der Waals surface area (Å²) < 4.78 is 12.2. The molecule has 0 saturated carbocycles. The maximum Gasteiger partial charge on any atom is 0.494 e. The van der Waals surface area contributed by atoms with E-state index in [9.17, 15) is 4.79 Å². The second-order valence-electron chi connectivity index (χ2n) is 7.93. The standard InChI is InChI=1S/C18H26B2N2O3/c1-17(2)18(3,4)25-20(24-17)15-7-5-14(6-8-15)13-21-9-11-22(12-10-21)16(19)23/h5-8H,9-13H2,1-4H3. The van der Waals surface area contributed by atoms with Crippen molar-refractivity contribution in [3.63, 3.8) is 0 Å². The van der Waals surface area contributed by atoms with E-state index in [0.717, 1.165) is 25.1 Å². The topological polar surface area (TPSA) is 42.0 Å². The number of rotatable bonds is 3. The lowest BCUT2D eigenvalue weighted by Crippen LogP contribution is -2.48. The molecule has 2 heterocycles. The Bertz CT molecular complexity index is 610. The predicted molar refractivity (Wildman–Crippen MR) is 100 cm³/mol. The third kappa shape index (κ3) is 3.94. The van der Waals surface area contributed by atoms with Crippen molar-refractivity contribution in [1.29, 1.82) is 0 Å². The highest BCUT2D eigenvalue weighted by Gasteiger charge is 2.51. The first kappa shape index (κ1) is 18.5. The van der Waals surface area contributed by atoms with E-state index in [1.54, 1.807) is 4.90 Å². The second kappa shape index (κ2) is 6.78. The van der Waals surface area contributed by atoms with Crippen molar-refractivity contribution in [2.24, 2.45) is 0 Å². The van der Waals surface area contributed by atoms with Crippen molar-refractivity contribution >= 4 is 26.2 Å². The van der Waals surface area contributed by atoms with E-state index in [2.05, 4.69) is 56.9 Å². The van der Waals surface area contributed by atoms with E-state index >= 15 is 0 Å². The van der Waals surface area contributed by atoms with E-state index in [0.29, 0.717) is 13.1 Å². The molecule has 7 heteroatoms. The van der Waals surface area contributed by atoms with Gasteiger partial charge in [-0.1, -0.05) is 24.3 Å². The van der Waals surface area contributed by atoms with Crippen molar-refractivity contribution in [3.8, 4) is 0 Å². The summed E-state index contributed by atoms with van der Waals surface area (Å²) >= 11 is 0. The minimum absolute atomic E-state index is 0.321. The van der Waals surface area contributed by atoms with Gasteiger partial charge in [0.05, 0.1) is 11.2 Å². The van der Waals surface area contributed by atoms with Crippen molar-refractivity contribution in [2.75, 3.05) is 26.2 Å². The SMILES string of the molecule is [B]C(=O)N1CCN(Cc2ccc(B3OC(C)(C)C(C)(C)O3)cc2)CC1. The first-order valence-electron chi connectivity index (χ1n) is 8.89. The Morgan fingerprint density at radius 1 is 1.04 bits per heavy atom. The van der Waals surface area contributed by atoms with Gasteiger partial charge in [0, 0.05) is 32.7 Å². The van der Waals surface area contributed by atoms with Crippen LogP contribution in [0.25, 0.3) is 0 Å². The molecule has 2 saturated heterocycles. The molecule has 0 bridgehead atoms. The monoisotopic (exact) mass is 340 g/mol. The molecule has 0 atom stereocenters. The average Bonchev–Trinajstić information content (AvgIpc) is 2.76. The first-order chi connectivity index (χ1) is 11.7. The first-order valence-corrected chi connectivity index (χ1v) is 8.89. The summed E-state index contributed by atoms with van der Waals surface area (Å²) in [6.45, 7) is 12.2. The van der Waals surface area contributed by atoms with Crippen molar-refractivity contribution in [3.05, 3.63) is 29.8 Å². The van der Waals surface area contributed by atoms with Crippen LogP contribution in [0.15, 0.2) is 24.3 Å². The number of nitrogens with zero attached hydrogens (tertiary/aromatic N) is 2. The molecule has 1 aromatic carbocycles. The summed E-state index contributed by atoms with van der Waals surface area (Å²) in [5.41, 5.74) is 1.64.